The highest BCUT2D eigenvalue weighted by Crippen LogP contribution is 2.16. The van der Waals surface area contributed by atoms with Gasteiger partial charge in [0.2, 0.25) is 0 Å². The Kier molecular flexibility index (Phi) is 3.41. The Hall–Kier alpha value is -1.55. The van der Waals surface area contributed by atoms with E-state index < -0.39 is 5.97 Å². The lowest BCUT2D eigenvalue weighted by Gasteiger charge is -2.11. The highest BCUT2D eigenvalue weighted by molar-refractivity contribution is 5.87. The van der Waals surface area contributed by atoms with Crippen LogP contribution in [0.3, 0.4) is 0 Å². The molecule has 1 aliphatic heterocycles. The van der Waals surface area contributed by atoms with Gasteiger partial charge in [-0.1, -0.05) is 0 Å². The summed E-state index contributed by atoms with van der Waals surface area (Å²) in [5.74, 6) is -0.244. The number of benzene rings is 1. The zero-order chi connectivity index (χ0) is 11.4. The maximum atomic E-state index is 10.6. The van der Waals surface area contributed by atoms with Crippen molar-refractivity contribution in [2.45, 2.75) is 18.9 Å². The average molecular weight is 222 g/mol. The zero-order valence-electron chi connectivity index (χ0n) is 8.89. The van der Waals surface area contributed by atoms with Gasteiger partial charge in [-0.3, -0.25) is 0 Å². The molecule has 1 atom stereocenters. The lowest BCUT2D eigenvalue weighted by Crippen LogP contribution is -2.16. The van der Waals surface area contributed by atoms with Gasteiger partial charge in [-0.05, 0) is 37.1 Å². The molecule has 0 unspecified atom stereocenters. The highest BCUT2D eigenvalue weighted by Gasteiger charge is 2.15. The van der Waals surface area contributed by atoms with Gasteiger partial charge in [0.25, 0.3) is 0 Å². The summed E-state index contributed by atoms with van der Waals surface area (Å²) in [6.45, 7) is 1.35. The molecule has 2 rings (SSSR count). The lowest BCUT2D eigenvalue weighted by atomic mass is 10.2. The minimum Gasteiger partial charge on any atom is -0.491 e. The fourth-order valence-electron chi connectivity index (χ4n) is 1.66. The van der Waals surface area contributed by atoms with Crippen molar-refractivity contribution in [1.29, 1.82) is 0 Å². The van der Waals surface area contributed by atoms with Crippen molar-refractivity contribution in [1.82, 2.24) is 0 Å². The average Bonchev–Trinajstić information content (AvgIpc) is 2.80. The van der Waals surface area contributed by atoms with E-state index in [0.717, 1.165) is 19.4 Å². The second kappa shape index (κ2) is 4.99. The third kappa shape index (κ3) is 2.73. The molecule has 1 heterocycles. The number of hydrogen-bond donors (Lipinski definition) is 1. The molecule has 1 aliphatic rings. The maximum absolute atomic E-state index is 10.6. The van der Waals surface area contributed by atoms with Gasteiger partial charge in [0.15, 0.2) is 0 Å². The Morgan fingerprint density at radius 2 is 2.19 bits per heavy atom. The Morgan fingerprint density at radius 1 is 1.44 bits per heavy atom. The molecule has 0 saturated carbocycles. The molecule has 1 aromatic carbocycles. The predicted octanol–water partition coefficient (Wildman–Crippen LogP) is 1.94. The molecule has 16 heavy (non-hydrogen) atoms. The van der Waals surface area contributed by atoms with Crippen molar-refractivity contribution in [2.75, 3.05) is 13.2 Å². The molecule has 0 aliphatic carbocycles. The Morgan fingerprint density at radius 3 is 2.75 bits per heavy atom. The number of hydrogen-bond acceptors (Lipinski definition) is 3. The second-order valence-corrected chi connectivity index (χ2v) is 3.78. The van der Waals surface area contributed by atoms with Gasteiger partial charge in [-0.2, -0.15) is 0 Å². The Balaban J connectivity index is 1.87. The van der Waals surface area contributed by atoms with Gasteiger partial charge in [-0.15, -0.1) is 0 Å². The number of carboxylic acids is 1. The van der Waals surface area contributed by atoms with Crippen molar-refractivity contribution in [2.24, 2.45) is 0 Å². The third-order valence-electron chi connectivity index (χ3n) is 2.56. The lowest BCUT2D eigenvalue weighted by molar-refractivity contribution is 0.0675. The summed E-state index contributed by atoms with van der Waals surface area (Å²) in [6.07, 6.45) is 2.30. The van der Waals surface area contributed by atoms with Crippen LogP contribution in [-0.2, 0) is 4.74 Å². The van der Waals surface area contributed by atoms with E-state index in [1.54, 1.807) is 12.1 Å². The maximum Gasteiger partial charge on any atom is 0.335 e. The number of ether oxygens (including phenoxy) is 2. The summed E-state index contributed by atoms with van der Waals surface area (Å²) in [6, 6.07) is 6.40. The topological polar surface area (TPSA) is 55.8 Å². The van der Waals surface area contributed by atoms with Gasteiger partial charge in [0.1, 0.15) is 12.4 Å². The van der Waals surface area contributed by atoms with Gasteiger partial charge < -0.3 is 14.6 Å². The highest BCUT2D eigenvalue weighted by atomic mass is 16.5. The van der Waals surface area contributed by atoms with Crippen LogP contribution in [0.4, 0.5) is 0 Å². The van der Waals surface area contributed by atoms with E-state index in [4.69, 9.17) is 14.6 Å². The van der Waals surface area contributed by atoms with Crippen LogP contribution in [0.5, 0.6) is 5.75 Å². The molecule has 86 valence electrons. The van der Waals surface area contributed by atoms with Gasteiger partial charge in [0, 0.05) is 6.61 Å². The molecule has 1 aromatic rings. The molecule has 1 fully saturated rings. The fourth-order valence-corrected chi connectivity index (χ4v) is 1.66. The van der Waals surface area contributed by atoms with Crippen molar-refractivity contribution in [3.05, 3.63) is 29.8 Å². The van der Waals surface area contributed by atoms with E-state index >= 15 is 0 Å². The molecule has 0 spiro atoms. The Labute approximate surface area is 93.8 Å². The van der Waals surface area contributed by atoms with Crippen LogP contribution in [0.2, 0.25) is 0 Å². The first-order chi connectivity index (χ1) is 7.75. The van der Waals surface area contributed by atoms with Crippen molar-refractivity contribution in [3.63, 3.8) is 0 Å². The van der Waals surface area contributed by atoms with Crippen LogP contribution in [-0.4, -0.2) is 30.4 Å². The van der Waals surface area contributed by atoms with Gasteiger partial charge in [0.05, 0.1) is 11.7 Å². The van der Waals surface area contributed by atoms with Crippen LogP contribution in [0.25, 0.3) is 0 Å². The summed E-state index contributed by atoms with van der Waals surface area (Å²) in [7, 11) is 0. The van der Waals surface area contributed by atoms with Crippen LogP contribution in [0.15, 0.2) is 24.3 Å². The number of carbonyl (C=O) groups is 1. The minimum atomic E-state index is -0.925. The summed E-state index contributed by atoms with van der Waals surface area (Å²) in [5.41, 5.74) is 0.268. The SMILES string of the molecule is O=C(O)c1ccc(OC[C@@H]2CCCO2)cc1. The first-order valence-electron chi connectivity index (χ1n) is 5.33. The quantitative estimate of drug-likeness (QED) is 0.845. The summed E-state index contributed by atoms with van der Waals surface area (Å²) >= 11 is 0. The second-order valence-electron chi connectivity index (χ2n) is 3.78. The van der Waals surface area contributed by atoms with E-state index in [9.17, 15) is 4.79 Å². The van der Waals surface area contributed by atoms with Crippen LogP contribution in [0, 0.1) is 0 Å². The van der Waals surface area contributed by atoms with E-state index in [2.05, 4.69) is 0 Å². The molecule has 0 amide bonds. The third-order valence-corrected chi connectivity index (χ3v) is 2.56. The molecule has 1 N–H and O–H groups in total. The molecule has 0 radical (unpaired) electrons. The van der Waals surface area contributed by atoms with E-state index in [1.165, 1.54) is 12.1 Å². The monoisotopic (exact) mass is 222 g/mol. The summed E-state index contributed by atoms with van der Waals surface area (Å²) in [4.78, 5) is 10.6. The molecule has 1 saturated heterocycles. The van der Waals surface area contributed by atoms with E-state index in [0.29, 0.717) is 12.4 Å². The van der Waals surface area contributed by atoms with Crippen molar-refractivity contribution < 1.29 is 19.4 Å². The standard InChI is InChI=1S/C12H14O4/c13-12(14)9-3-5-10(6-4-9)16-8-11-2-1-7-15-11/h3-6,11H,1-2,7-8H2,(H,13,14)/t11-/m0/s1. The number of aromatic carboxylic acids is 1. The van der Waals surface area contributed by atoms with E-state index in [-0.39, 0.29) is 11.7 Å². The van der Waals surface area contributed by atoms with Crippen molar-refractivity contribution >= 4 is 5.97 Å². The van der Waals surface area contributed by atoms with Crippen molar-refractivity contribution in [3.8, 4) is 5.75 Å². The summed E-state index contributed by atoms with van der Waals surface area (Å²) in [5, 5.41) is 8.72. The largest absolute Gasteiger partial charge is 0.491 e. The minimum absolute atomic E-state index is 0.180. The zero-order valence-corrected chi connectivity index (χ0v) is 8.89. The molecule has 0 bridgehead atoms. The number of carboxylic acid groups (broad SMARTS) is 1. The van der Waals surface area contributed by atoms with Crippen LogP contribution >= 0.6 is 0 Å². The molecule has 4 heteroatoms. The van der Waals surface area contributed by atoms with E-state index in [1.807, 2.05) is 0 Å². The Bertz CT molecular complexity index is 352. The number of rotatable bonds is 4. The molecule has 4 nitrogen and oxygen atoms in total. The smallest absolute Gasteiger partial charge is 0.335 e. The molecular weight excluding hydrogens is 208 g/mol. The molecule has 0 aromatic heterocycles. The van der Waals surface area contributed by atoms with Crippen LogP contribution in [0.1, 0.15) is 23.2 Å². The first kappa shape index (κ1) is 11.0. The van der Waals surface area contributed by atoms with Gasteiger partial charge >= 0.3 is 5.97 Å². The fraction of sp³-hybridized carbons (Fsp3) is 0.417. The summed E-state index contributed by atoms with van der Waals surface area (Å²) < 4.78 is 10.9. The molecular formula is C12H14O4. The van der Waals surface area contributed by atoms with Crippen LogP contribution < -0.4 is 4.74 Å². The normalized spacial score (nSPS) is 19.6. The predicted molar refractivity (Wildman–Crippen MR) is 57.9 cm³/mol. The first-order valence-corrected chi connectivity index (χ1v) is 5.33. The van der Waals surface area contributed by atoms with Gasteiger partial charge in [-0.25, -0.2) is 4.79 Å².